The summed E-state index contributed by atoms with van der Waals surface area (Å²) in [4.78, 5) is 47.0. The van der Waals surface area contributed by atoms with Gasteiger partial charge in [0.05, 0.1) is 31.9 Å². The van der Waals surface area contributed by atoms with Gasteiger partial charge in [-0.1, -0.05) is 12.1 Å². The van der Waals surface area contributed by atoms with Gasteiger partial charge in [-0.25, -0.2) is 14.8 Å². The maximum absolute atomic E-state index is 13.4. The molecular formula is C22H25N5O6. The Morgan fingerprint density at radius 1 is 1.24 bits per heavy atom. The molecular weight excluding hydrogens is 430 g/mol. The molecule has 33 heavy (non-hydrogen) atoms. The van der Waals surface area contributed by atoms with Crippen LogP contribution in [0.2, 0.25) is 0 Å². The monoisotopic (exact) mass is 455 g/mol. The van der Waals surface area contributed by atoms with E-state index in [1.54, 1.807) is 31.2 Å². The molecule has 0 spiro atoms. The molecule has 1 aliphatic heterocycles. The van der Waals surface area contributed by atoms with Crippen molar-refractivity contribution in [3.05, 3.63) is 40.4 Å². The number of aromatic nitrogens is 4. The lowest BCUT2D eigenvalue weighted by Crippen LogP contribution is -2.31. The molecule has 1 fully saturated rings. The fourth-order valence-electron chi connectivity index (χ4n) is 3.97. The molecule has 1 atom stereocenters. The third-order valence-electron chi connectivity index (χ3n) is 5.44. The zero-order valence-corrected chi connectivity index (χ0v) is 18.4. The van der Waals surface area contributed by atoms with Gasteiger partial charge in [-0.15, -0.1) is 0 Å². The number of methoxy groups -OCH3 is 1. The van der Waals surface area contributed by atoms with Crippen molar-refractivity contribution in [3.8, 4) is 17.1 Å². The second-order valence-electron chi connectivity index (χ2n) is 7.55. The number of fused-ring (bicyclic) bond motifs is 1. The maximum atomic E-state index is 13.4. The molecule has 0 saturated carbocycles. The van der Waals surface area contributed by atoms with E-state index < -0.39 is 24.1 Å². The third-order valence-corrected chi connectivity index (χ3v) is 5.44. The summed E-state index contributed by atoms with van der Waals surface area (Å²) in [6.07, 6.45) is 1.48. The number of carbonyl (C=O) groups excluding carboxylic acids is 2. The molecule has 174 valence electrons. The summed E-state index contributed by atoms with van der Waals surface area (Å²) in [6, 6.07) is 7.04. The van der Waals surface area contributed by atoms with Crippen molar-refractivity contribution in [2.45, 2.75) is 39.0 Å². The first-order valence-corrected chi connectivity index (χ1v) is 10.7. The lowest BCUT2D eigenvalue weighted by atomic mass is 10.1. The number of carbonyl (C=O) groups is 2. The normalized spacial score (nSPS) is 15.6. The first-order chi connectivity index (χ1) is 15.9. The molecule has 1 unspecified atom stereocenters. The zero-order valence-electron chi connectivity index (χ0n) is 18.4. The molecule has 11 nitrogen and oxygen atoms in total. The van der Waals surface area contributed by atoms with Gasteiger partial charge < -0.3 is 19.9 Å². The van der Waals surface area contributed by atoms with Crippen molar-refractivity contribution in [2.24, 2.45) is 5.73 Å². The van der Waals surface area contributed by atoms with Crippen LogP contribution in [0.4, 0.5) is 0 Å². The van der Waals surface area contributed by atoms with Gasteiger partial charge in [-0.2, -0.15) is 0 Å². The molecule has 3 aromatic rings. The quantitative estimate of drug-likeness (QED) is 0.498. The molecule has 2 aromatic heterocycles. The first-order valence-electron chi connectivity index (χ1n) is 10.7. The van der Waals surface area contributed by atoms with Crippen molar-refractivity contribution in [1.29, 1.82) is 0 Å². The number of esters is 1. The van der Waals surface area contributed by atoms with Crippen LogP contribution < -0.4 is 16.2 Å². The van der Waals surface area contributed by atoms with Crippen LogP contribution in [0, 0.1) is 0 Å². The van der Waals surface area contributed by atoms with Crippen LogP contribution in [0.5, 0.6) is 5.75 Å². The van der Waals surface area contributed by atoms with E-state index in [9.17, 15) is 14.4 Å². The van der Waals surface area contributed by atoms with Crippen molar-refractivity contribution >= 4 is 23.0 Å². The highest BCUT2D eigenvalue weighted by Gasteiger charge is 2.27. The summed E-state index contributed by atoms with van der Waals surface area (Å²) in [7, 11) is 1.51. The van der Waals surface area contributed by atoms with E-state index in [0.717, 1.165) is 17.4 Å². The van der Waals surface area contributed by atoms with Crippen molar-refractivity contribution in [1.82, 2.24) is 19.1 Å². The molecule has 4 rings (SSSR count). The SMILES string of the molecule is CCOC(=O)Cn1c(=O)n(CC2CCCO2)c2nc(-c3ccccc3OC)nc(C(N)=O)c21. The van der Waals surface area contributed by atoms with Crippen molar-refractivity contribution < 1.29 is 23.8 Å². The van der Waals surface area contributed by atoms with Gasteiger partial charge in [0, 0.05) is 6.61 Å². The Morgan fingerprint density at radius 3 is 2.70 bits per heavy atom. The van der Waals surface area contributed by atoms with E-state index in [0.29, 0.717) is 17.9 Å². The Labute approximate surface area is 189 Å². The minimum atomic E-state index is -0.856. The van der Waals surface area contributed by atoms with Crippen molar-refractivity contribution in [3.63, 3.8) is 0 Å². The highest BCUT2D eigenvalue weighted by Crippen LogP contribution is 2.29. The Bertz CT molecular complexity index is 1260. The van der Waals surface area contributed by atoms with Gasteiger partial charge >= 0.3 is 11.7 Å². The van der Waals surface area contributed by atoms with Crippen LogP contribution in [-0.2, 0) is 27.4 Å². The first kappa shape index (κ1) is 22.5. The molecule has 11 heteroatoms. The number of nitrogens with zero attached hydrogens (tertiary/aromatic N) is 4. The second kappa shape index (κ2) is 9.41. The maximum Gasteiger partial charge on any atom is 0.331 e. The number of benzene rings is 1. The molecule has 3 heterocycles. The van der Waals surface area contributed by atoms with Gasteiger partial charge in [-0.3, -0.25) is 18.7 Å². The van der Waals surface area contributed by atoms with Gasteiger partial charge in [-0.05, 0) is 31.9 Å². The average Bonchev–Trinajstić information content (AvgIpc) is 3.41. The lowest BCUT2D eigenvalue weighted by Gasteiger charge is -2.11. The molecule has 0 bridgehead atoms. The summed E-state index contributed by atoms with van der Waals surface area (Å²) < 4.78 is 18.7. The van der Waals surface area contributed by atoms with Crippen LogP contribution in [-0.4, -0.2) is 57.4 Å². The summed E-state index contributed by atoms with van der Waals surface area (Å²) in [6.45, 7) is 2.23. The predicted octanol–water partition coefficient (Wildman–Crippen LogP) is 1.11. The highest BCUT2D eigenvalue weighted by atomic mass is 16.5. The van der Waals surface area contributed by atoms with E-state index in [-0.39, 0.29) is 41.9 Å². The average molecular weight is 455 g/mol. The van der Waals surface area contributed by atoms with Crippen LogP contribution in [0.1, 0.15) is 30.3 Å². The number of para-hydroxylation sites is 1. The van der Waals surface area contributed by atoms with Crippen molar-refractivity contribution in [2.75, 3.05) is 20.3 Å². The van der Waals surface area contributed by atoms with Gasteiger partial charge in [0.15, 0.2) is 17.2 Å². The summed E-state index contributed by atoms with van der Waals surface area (Å²) in [5.41, 5.74) is 5.75. The fraction of sp³-hybridized carbons (Fsp3) is 0.409. The van der Waals surface area contributed by atoms with Gasteiger partial charge in [0.2, 0.25) is 0 Å². The van der Waals surface area contributed by atoms with E-state index in [4.69, 9.17) is 19.9 Å². The van der Waals surface area contributed by atoms with Crippen LogP contribution in [0.15, 0.2) is 29.1 Å². The molecule has 2 N–H and O–H groups in total. The molecule has 0 aliphatic carbocycles. The Balaban J connectivity index is 1.98. The number of rotatable bonds is 8. The van der Waals surface area contributed by atoms with E-state index in [2.05, 4.69) is 9.97 Å². The van der Waals surface area contributed by atoms with Crippen LogP contribution in [0.3, 0.4) is 0 Å². The minimum absolute atomic E-state index is 0.0807. The zero-order chi connectivity index (χ0) is 23.5. The molecule has 1 amide bonds. The Kier molecular flexibility index (Phi) is 6.40. The minimum Gasteiger partial charge on any atom is -0.496 e. The largest absolute Gasteiger partial charge is 0.496 e. The summed E-state index contributed by atoms with van der Waals surface area (Å²) in [5.74, 6) is -0.820. The molecule has 1 saturated heterocycles. The number of ether oxygens (including phenoxy) is 3. The number of imidazole rings is 1. The number of hydrogen-bond donors (Lipinski definition) is 1. The summed E-state index contributed by atoms with van der Waals surface area (Å²) >= 11 is 0. The predicted molar refractivity (Wildman–Crippen MR) is 118 cm³/mol. The molecule has 1 aromatic carbocycles. The Hall–Kier alpha value is -3.73. The van der Waals surface area contributed by atoms with E-state index in [1.165, 1.54) is 11.7 Å². The second-order valence-corrected chi connectivity index (χ2v) is 7.55. The highest BCUT2D eigenvalue weighted by molar-refractivity contribution is 6.02. The Morgan fingerprint density at radius 2 is 2.03 bits per heavy atom. The number of amides is 1. The molecule has 0 radical (unpaired) electrons. The third kappa shape index (κ3) is 4.31. The van der Waals surface area contributed by atoms with Crippen LogP contribution in [0.25, 0.3) is 22.6 Å². The lowest BCUT2D eigenvalue weighted by molar-refractivity contribution is -0.143. The molecule has 1 aliphatic rings. The summed E-state index contributed by atoms with van der Waals surface area (Å²) in [5, 5.41) is 0. The topological polar surface area (TPSA) is 141 Å². The number of primary amides is 1. The van der Waals surface area contributed by atoms with Crippen LogP contribution >= 0.6 is 0 Å². The van der Waals surface area contributed by atoms with Gasteiger partial charge in [0.1, 0.15) is 17.8 Å². The van der Waals surface area contributed by atoms with Gasteiger partial charge in [0.25, 0.3) is 5.91 Å². The van der Waals surface area contributed by atoms with E-state index in [1.807, 2.05) is 0 Å². The fourth-order valence-corrected chi connectivity index (χ4v) is 3.97. The number of hydrogen-bond acceptors (Lipinski definition) is 8. The van der Waals surface area contributed by atoms with E-state index >= 15 is 0 Å². The number of nitrogens with two attached hydrogens (primary N) is 1. The standard InChI is InChI=1S/C22H25N5O6/c1-3-32-16(28)12-26-18-17(19(23)29)24-20(14-8-4-5-9-15(14)31-2)25-21(18)27(22(26)30)11-13-7-6-10-33-13/h4-5,8-9,13H,3,6-7,10-12H2,1-2H3,(H2,23,29). The smallest absolute Gasteiger partial charge is 0.331 e.